The van der Waals surface area contributed by atoms with E-state index in [0.29, 0.717) is 0 Å². The van der Waals surface area contributed by atoms with Gasteiger partial charge in [-0.15, -0.1) is 0 Å². The van der Waals surface area contributed by atoms with Crippen molar-refractivity contribution in [1.29, 1.82) is 5.26 Å². The molecule has 0 amide bonds. The van der Waals surface area contributed by atoms with E-state index < -0.39 is 33.7 Å². The molecule has 0 heterocycles. The first-order chi connectivity index (χ1) is 31.8. The summed E-state index contributed by atoms with van der Waals surface area (Å²) in [5.74, 6) is 0. The third-order valence-electron chi connectivity index (χ3n) is 11.8. The van der Waals surface area contributed by atoms with Crippen molar-refractivity contribution in [1.82, 2.24) is 0 Å². The maximum atomic E-state index is 14.0. The van der Waals surface area contributed by atoms with Gasteiger partial charge in [0.2, 0.25) is 21.8 Å². The van der Waals surface area contributed by atoms with Crippen LogP contribution in [-0.4, -0.2) is 11.9 Å². The summed E-state index contributed by atoms with van der Waals surface area (Å²) < 4.78 is 37.8. The zero-order valence-corrected chi connectivity index (χ0v) is 39.9. The van der Waals surface area contributed by atoms with Gasteiger partial charge in [-0.3, -0.25) is 0 Å². The molecule has 0 aromatic heterocycles. The zero-order chi connectivity index (χ0) is 45.2. The van der Waals surface area contributed by atoms with E-state index in [0.717, 1.165) is 0 Å². The Balaban J connectivity index is 0.00000103. The summed E-state index contributed by atoms with van der Waals surface area (Å²) >= 11 is 0. The first-order valence-corrected chi connectivity index (χ1v) is 26.6. The van der Waals surface area contributed by atoms with Gasteiger partial charge in [0, 0.05) is 20.4 Å². The van der Waals surface area contributed by atoms with Crippen molar-refractivity contribution in [2.45, 2.75) is 4.64 Å². The van der Waals surface area contributed by atoms with Gasteiger partial charge in [0.15, 0.2) is 6.07 Å². The molecule has 0 aliphatic rings. The van der Waals surface area contributed by atoms with Crippen molar-refractivity contribution >= 4 is 76.8 Å². The largest absolute Gasteiger partial charge is 0.673 e. The van der Waals surface area contributed by atoms with Gasteiger partial charge in [-0.1, -0.05) is 164 Å². The van der Waals surface area contributed by atoms with Crippen LogP contribution in [-0.2, 0) is 20.4 Å². The summed E-state index contributed by atoms with van der Waals surface area (Å²) in [7, 11) is -15.9. The minimum absolute atomic E-state index is 0. The van der Waals surface area contributed by atoms with Crippen molar-refractivity contribution in [2.75, 3.05) is 0 Å². The van der Waals surface area contributed by atoms with Crippen LogP contribution in [0.4, 0.5) is 17.3 Å². The van der Waals surface area contributed by atoms with Crippen LogP contribution >= 0.6 is 21.8 Å². The fraction of sp³-hybridized carbons (Fsp3) is 0.0179. The molecule has 0 atom stereocenters. The third kappa shape index (κ3) is 8.44. The Morgan fingerprint density at radius 1 is 0.273 bits per heavy atom. The molecule has 0 saturated heterocycles. The van der Waals surface area contributed by atoms with Gasteiger partial charge in [-0.05, 0) is 109 Å². The topological polar surface area (TPSA) is 23.8 Å². The number of hydrogen-bond donors (Lipinski definition) is 0. The van der Waals surface area contributed by atoms with E-state index in [4.69, 9.17) is 0 Å². The predicted octanol–water partition coefficient (Wildman–Crippen LogP) is 11.4. The molecule has 9 aromatic carbocycles. The second kappa shape index (κ2) is 21.2. The van der Waals surface area contributed by atoms with E-state index >= 15 is 0 Å². The van der Waals surface area contributed by atoms with E-state index in [1.807, 2.05) is 0 Å². The summed E-state index contributed by atoms with van der Waals surface area (Å²) in [6, 6.07) is 104. The van der Waals surface area contributed by atoms with Crippen molar-refractivity contribution in [3.8, 4) is 6.07 Å². The van der Waals surface area contributed by atoms with Gasteiger partial charge in [-0.2, -0.15) is 5.26 Å². The first kappa shape index (κ1) is 48.1. The molecule has 328 valence electrons. The SMILES string of the molecule is F[B-](F)(F)F.N#CC([P+](c1ccccc1)(c1ccccc1)c1ccccc1)([P+](c1ccccc1)(c1ccccc1)c1ccccc1)[P+](c1ccccc1)(c1ccccc1)c1ccccc1.[Pd]. The Kier molecular flexibility index (Phi) is 15.5. The molecule has 66 heavy (non-hydrogen) atoms. The molecule has 10 heteroatoms. The van der Waals surface area contributed by atoms with Crippen LogP contribution < -0.4 is 47.7 Å². The van der Waals surface area contributed by atoms with Crippen molar-refractivity contribution < 1.29 is 37.7 Å². The number of hydrogen-bond acceptors (Lipinski definition) is 1. The summed E-state index contributed by atoms with van der Waals surface area (Å²) in [4.78, 5) is 0. The molecule has 9 rings (SSSR count). The maximum Gasteiger partial charge on any atom is 0.673 e. The monoisotopic (exact) mass is 1020 g/mol. The van der Waals surface area contributed by atoms with Gasteiger partial charge in [0.05, 0.1) is 0 Å². The predicted molar refractivity (Wildman–Crippen MR) is 274 cm³/mol. The molecule has 0 aliphatic carbocycles. The number of halogens is 4. The number of nitriles is 1. The van der Waals surface area contributed by atoms with Crippen LogP contribution in [0.2, 0.25) is 0 Å². The Hall–Kier alpha value is -5.79. The summed E-state index contributed by atoms with van der Waals surface area (Å²) in [5, 5.41) is 24.5. The van der Waals surface area contributed by atoms with Gasteiger partial charge in [-0.25, -0.2) is 0 Å². The van der Waals surface area contributed by atoms with E-state index in [1.54, 1.807) is 0 Å². The standard InChI is InChI=1S/C56H45NP3.BF4.Pd/c57-46-56(58(47-28-10-1-11-29-47,48-30-12-2-13-31-48)49-32-14-3-15-33-49,59(50-34-16-4-17-35-50,51-36-18-5-19-37-51)52-38-20-6-21-39-52)60(53-40-22-7-23-41-53,54-42-24-8-25-43-54)55-44-26-9-27-45-55;2-1(3,4)5;/h1-45H;;/q+3;-1;. The van der Waals surface area contributed by atoms with E-state index in [9.17, 15) is 22.5 Å². The second-order valence-electron chi connectivity index (χ2n) is 15.3. The summed E-state index contributed by atoms with van der Waals surface area (Å²) in [5.41, 5.74) is 0. The van der Waals surface area contributed by atoms with Crippen LogP contribution in [0.5, 0.6) is 0 Å². The van der Waals surface area contributed by atoms with E-state index in [-0.39, 0.29) is 20.4 Å². The molecular weight excluding hydrogens is 973 g/mol. The van der Waals surface area contributed by atoms with Gasteiger partial charge >= 0.3 is 11.9 Å². The van der Waals surface area contributed by atoms with Crippen LogP contribution in [0.1, 0.15) is 0 Å². The van der Waals surface area contributed by atoms with Crippen molar-refractivity contribution in [3.63, 3.8) is 0 Å². The van der Waals surface area contributed by atoms with Gasteiger partial charge in [0.25, 0.3) is 0 Å². The Labute approximate surface area is 401 Å². The van der Waals surface area contributed by atoms with Gasteiger partial charge < -0.3 is 17.3 Å². The molecule has 0 radical (unpaired) electrons. The molecule has 0 fully saturated rings. The molecule has 0 spiro atoms. The van der Waals surface area contributed by atoms with E-state index in [2.05, 4.69) is 279 Å². The third-order valence-corrected chi connectivity index (χ3v) is 30.0. The Morgan fingerprint density at radius 2 is 0.379 bits per heavy atom. The van der Waals surface area contributed by atoms with Crippen LogP contribution in [0.15, 0.2) is 273 Å². The smallest absolute Gasteiger partial charge is 0.418 e. The van der Waals surface area contributed by atoms with Crippen LogP contribution in [0, 0.1) is 11.3 Å². The molecular formula is C56H45BF4NP3Pd+2. The quantitative estimate of drug-likeness (QED) is 0.0680. The average molecular weight is 1020 g/mol. The van der Waals surface area contributed by atoms with Gasteiger partial charge in [0.1, 0.15) is 47.7 Å². The normalized spacial score (nSPS) is 11.8. The molecule has 9 aromatic rings. The van der Waals surface area contributed by atoms with Crippen molar-refractivity contribution in [3.05, 3.63) is 273 Å². The Morgan fingerprint density at radius 3 is 0.470 bits per heavy atom. The maximum absolute atomic E-state index is 14.0. The summed E-state index contributed by atoms with van der Waals surface area (Å²) in [6.45, 7) is 0. The number of benzene rings is 9. The Bertz CT molecular complexity index is 2320. The first-order valence-electron chi connectivity index (χ1n) is 21.2. The molecule has 0 saturated carbocycles. The minimum atomic E-state index is -6.00. The molecule has 0 unspecified atom stereocenters. The average Bonchev–Trinajstić information content (AvgIpc) is 3.37. The molecule has 0 aliphatic heterocycles. The molecule has 0 N–H and O–H groups in total. The molecule has 0 bridgehead atoms. The fourth-order valence-electron chi connectivity index (χ4n) is 9.73. The fourth-order valence-corrected chi connectivity index (χ4v) is 33.3. The number of rotatable bonds is 12. The number of nitrogens with zero attached hydrogens (tertiary/aromatic N) is 1. The minimum Gasteiger partial charge on any atom is -0.418 e. The molecule has 1 nitrogen and oxygen atoms in total. The van der Waals surface area contributed by atoms with Crippen molar-refractivity contribution in [2.24, 2.45) is 0 Å². The van der Waals surface area contributed by atoms with Crippen LogP contribution in [0.25, 0.3) is 0 Å². The second-order valence-corrected chi connectivity index (χ2v) is 27.0. The van der Waals surface area contributed by atoms with E-state index in [1.165, 1.54) is 47.7 Å². The zero-order valence-electron chi connectivity index (χ0n) is 35.7. The van der Waals surface area contributed by atoms with Crippen LogP contribution in [0.3, 0.4) is 0 Å². The summed E-state index contributed by atoms with van der Waals surface area (Å²) in [6.07, 6.45) is 0.